The summed E-state index contributed by atoms with van der Waals surface area (Å²) < 4.78 is 1.15. The zero-order chi connectivity index (χ0) is 12.3. The molecule has 0 saturated carbocycles. The van der Waals surface area contributed by atoms with E-state index in [0.717, 1.165) is 14.8 Å². The van der Waals surface area contributed by atoms with Crippen LogP contribution in [0.2, 0.25) is 10.0 Å². The van der Waals surface area contributed by atoms with E-state index >= 15 is 0 Å². The number of hydrogen-bond acceptors (Lipinski definition) is 1. The Morgan fingerprint density at radius 3 is 2.53 bits per heavy atom. The van der Waals surface area contributed by atoms with Gasteiger partial charge in [-0.15, -0.1) is 0 Å². The minimum Gasteiger partial charge on any atom is -0.255 e. The van der Waals surface area contributed by atoms with Crippen LogP contribution in [0.3, 0.4) is 0 Å². The molecule has 4 heteroatoms. The van der Waals surface area contributed by atoms with Crippen molar-refractivity contribution >= 4 is 57.7 Å². The van der Waals surface area contributed by atoms with Crippen LogP contribution in [0.1, 0.15) is 5.56 Å². The zero-order valence-electron chi connectivity index (χ0n) is 8.70. The average molecular weight is 376 g/mol. The first-order chi connectivity index (χ1) is 8.16. The van der Waals surface area contributed by atoms with Gasteiger partial charge in [-0.1, -0.05) is 41.4 Å². The summed E-state index contributed by atoms with van der Waals surface area (Å²) in [5.74, 6) is 0. The minimum absolute atomic E-state index is 0.555. The van der Waals surface area contributed by atoms with Crippen molar-refractivity contribution in [2.24, 2.45) is 4.99 Å². The van der Waals surface area contributed by atoms with Gasteiger partial charge in [0, 0.05) is 20.4 Å². The molecular formula is C13H8Cl2IN. The first-order valence-corrected chi connectivity index (χ1v) is 6.74. The molecule has 0 N–H and O–H groups in total. The van der Waals surface area contributed by atoms with Gasteiger partial charge >= 0.3 is 0 Å². The number of hydrogen-bond donors (Lipinski definition) is 0. The molecule has 0 spiro atoms. The van der Waals surface area contributed by atoms with E-state index in [4.69, 9.17) is 23.2 Å². The lowest BCUT2D eigenvalue weighted by atomic mass is 10.2. The lowest BCUT2D eigenvalue weighted by molar-refractivity contribution is 1.51. The monoisotopic (exact) mass is 375 g/mol. The van der Waals surface area contributed by atoms with Crippen LogP contribution in [-0.2, 0) is 0 Å². The summed E-state index contributed by atoms with van der Waals surface area (Å²) in [6.07, 6.45) is 1.80. The van der Waals surface area contributed by atoms with Crippen molar-refractivity contribution < 1.29 is 0 Å². The van der Waals surface area contributed by atoms with Gasteiger partial charge in [0.1, 0.15) is 0 Å². The summed E-state index contributed by atoms with van der Waals surface area (Å²) in [5.41, 5.74) is 1.79. The summed E-state index contributed by atoms with van der Waals surface area (Å²) >= 11 is 14.1. The molecule has 86 valence electrons. The van der Waals surface area contributed by atoms with E-state index in [1.54, 1.807) is 24.4 Å². The predicted octanol–water partition coefficient (Wildman–Crippen LogP) is 5.35. The summed E-state index contributed by atoms with van der Waals surface area (Å²) in [6.45, 7) is 0. The highest BCUT2D eigenvalue weighted by Crippen LogP contribution is 2.27. The van der Waals surface area contributed by atoms with Crippen LogP contribution in [0.25, 0.3) is 0 Å². The van der Waals surface area contributed by atoms with E-state index in [1.165, 1.54) is 0 Å². The Balaban J connectivity index is 2.29. The SMILES string of the molecule is Clc1ccc(N=Cc2ccccc2I)c(Cl)c1. The molecule has 2 rings (SSSR count). The molecule has 0 bridgehead atoms. The molecule has 0 aliphatic heterocycles. The van der Waals surface area contributed by atoms with Gasteiger partial charge < -0.3 is 0 Å². The van der Waals surface area contributed by atoms with Gasteiger partial charge in [-0.3, -0.25) is 4.99 Å². The maximum Gasteiger partial charge on any atom is 0.0817 e. The van der Waals surface area contributed by atoms with Gasteiger partial charge in [-0.05, 0) is 46.9 Å². The molecule has 0 saturated heterocycles. The molecule has 17 heavy (non-hydrogen) atoms. The standard InChI is InChI=1S/C13H8Cl2IN/c14-10-5-6-13(11(15)7-10)17-8-9-3-1-2-4-12(9)16/h1-8H. The summed E-state index contributed by atoms with van der Waals surface area (Å²) in [4.78, 5) is 4.36. The highest BCUT2D eigenvalue weighted by molar-refractivity contribution is 14.1. The quantitative estimate of drug-likeness (QED) is 0.495. The molecular weight excluding hydrogens is 368 g/mol. The molecule has 0 fully saturated rings. The Labute approximate surface area is 124 Å². The third-order valence-electron chi connectivity index (χ3n) is 2.16. The molecule has 0 heterocycles. The molecule has 0 radical (unpaired) electrons. The van der Waals surface area contributed by atoms with Gasteiger partial charge in [-0.25, -0.2) is 0 Å². The third-order valence-corrected chi connectivity index (χ3v) is 3.68. The minimum atomic E-state index is 0.555. The number of nitrogens with zero attached hydrogens (tertiary/aromatic N) is 1. The van der Waals surface area contributed by atoms with Crippen molar-refractivity contribution in [3.05, 3.63) is 61.6 Å². The normalized spacial score (nSPS) is 11.0. The smallest absolute Gasteiger partial charge is 0.0817 e. The third kappa shape index (κ3) is 3.44. The molecule has 0 atom stereocenters. The van der Waals surface area contributed by atoms with Crippen LogP contribution >= 0.6 is 45.8 Å². The second-order valence-electron chi connectivity index (χ2n) is 3.38. The Kier molecular flexibility index (Phi) is 4.42. The molecule has 0 aliphatic rings. The van der Waals surface area contributed by atoms with Gasteiger partial charge in [-0.2, -0.15) is 0 Å². The topological polar surface area (TPSA) is 12.4 Å². The fourth-order valence-corrected chi connectivity index (χ4v) is 2.29. The molecule has 0 aliphatic carbocycles. The van der Waals surface area contributed by atoms with Crippen LogP contribution in [0.4, 0.5) is 5.69 Å². The molecule has 1 nitrogen and oxygen atoms in total. The summed E-state index contributed by atoms with van der Waals surface area (Å²) in [7, 11) is 0. The highest BCUT2D eigenvalue weighted by atomic mass is 127. The predicted molar refractivity (Wildman–Crippen MR) is 82.9 cm³/mol. The zero-order valence-corrected chi connectivity index (χ0v) is 12.4. The van der Waals surface area contributed by atoms with Crippen molar-refractivity contribution in [3.63, 3.8) is 0 Å². The van der Waals surface area contributed by atoms with E-state index in [0.29, 0.717) is 10.0 Å². The van der Waals surface area contributed by atoms with E-state index in [-0.39, 0.29) is 0 Å². The van der Waals surface area contributed by atoms with Crippen molar-refractivity contribution in [1.29, 1.82) is 0 Å². The Morgan fingerprint density at radius 1 is 1.06 bits per heavy atom. The number of aliphatic imine (C=N–C) groups is 1. The number of halogens is 3. The first kappa shape index (κ1) is 12.9. The van der Waals surface area contributed by atoms with E-state index in [2.05, 4.69) is 27.6 Å². The fourth-order valence-electron chi connectivity index (χ4n) is 1.30. The lowest BCUT2D eigenvalue weighted by Crippen LogP contribution is -1.84. The fraction of sp³-hybridized carbons (Fsp3) is 0. The molecule has 2 aromatic carbocycles. The van der Waals surface area contributed by atoms with Gasteiger partial charge in [0.15, 0.2) is 0 Å². The van der Waals surface area contributed by atoms with E-state index in [9.17, 15) is 0 Å². The van der Waals surface area contributed by atoms with Crippen LogP contribution in [0, 0.1) is 3.57 Å². The second kappa shape index (κ2) is 5.85. The van der Waals surface area contributed by atoms with Crippen LogP contribution < -0.4 is 0 Å². The number of benzene rings is 2. The molecule has 0 amide bonds. The van der Waals surface area contributed by atoms with Crippen molar-refractivity contribution in [1.82, 2.24) is 0 Å². The van der Waals surface area contributed by atoms with Gasteiger partial charge in [0.25, 0.3) is 0 Å². The van der Waals surface area contributed by atoms with Crippen LogP contribution in [0.15, 0.2) is 47.5 Å². The van der Waals surface area contributed by atoms with Gasteiger partial charge in [0.2, 0.25) is 0 Å². The van der Waals surface area contributed by atoms with Crippen molar-refractivity contribution in [2.75, 3.05) is 0 Å². The second-order valence-corrected chi connectivity index (χ2v) is 5.38. The van der Waals surface area contributed by atoms with Gasteiger partial charge in [0.05, 0.1) is 10.7 Å². The molecule has 0 aromatic heterocycles. The van der Waals surface area contributed by atoms with Crippen molar-refractivity contribution in [3.8, 4) is 0 Å². The van der Waals surface area contributed by atoms with E-state index < -0.39 is 0 Å². The molecule has 0 unspecified atom stereocenters. The Morgan fingerprint density at radius 2 is 1.82 bits per heavy atom. The van der Waals surface area contributed by atoms with Crippen molar-refractivity contribution in [2.45, 2.75) is 0 Å². The maximum atomic E-state index is 6.04. The number of rotatable bonds is 2. The Bertz CT molecular complexity index is 567. The average Bonchev–Trinajstić information content (AvgIpc) is 2.30. The highest BCUT2D eigenvalue weighted by Gasteiger charge is 1.99. The summed E-state index contributed by atoms with van der Waals surface area (Å²) in [6, 6.07) is 13.3. The van der Waals surface area contributed by atoms with Crippen LogP contribution in [0.5, 0.6) is 0 Å². The largest absolute Gasteiger partial charge is 0.255 e. The molecule has 2 aromatic rings. The maximum absolute atomic E-state index is 6.04. The van der Waals surface area contributed by atoms with Crippen LogP contribution in [-0.4, -0.2) is 6.21 Å². The Hall–Kier alpha value is -0.580. The lowest BCUT2D eigenvalue weighted by Gasteiger charge is -1.99. The van der Waals surface area contributed by atoms with E-state index in [1.807, 2.05) is 24.3 Å². The first-order valence-electron chi connectivity index (χ1n) is 4.90. The summed E-state index contributed by atoms with van der Waals surface area (Å²) in [5, 5.41) is 1.17.